The highest BCUT2D eigenvalue weighted by atomic mass is 79.9. The van der Waals surface area contributed by atoms with Crippen molar-refractivity contribution in [3.63, 3.8) is 0 Å². The van der Waals surface area contributed by atoms with Crippen LogP contribution in [0, 0.1) is 5.82 Å². The fourth-order valence-electron chi connectivity index (χ4n) is 1.96. The van der Waals surface area contributed by atoms with Gasteiger partial charge in [0.15, 0.2) is 0 Å². The Morgan fingerprint density at radius 3 is 2.76 bits per heavy atom. The average molecular weight is 389 g/mol. The molecule has 0 spiro atoms. The monoisotopic (exact) mass is 387 g/mol. The molecule has 0 aromatic heterocycles. The third-order valence-electron chi connectivity index (χ3n) is 3.16. The molecule has 1 N–H and O–H groups in total. The van der Waals surface area contributed by atoms with Crippen LogP contribution in [0.2, 0.25) is 5.02 Å². The molecular formula is C16H16BrClFNS. The Bertz CT molecular complexity index is 609. The van der Waals surface area contributed by atoms with Crippen molar-refractivity contribution in [2.75, 3.05) is 12.8 Å². The fraction of sp³-hybridized carbons (Fsp3) is 0.250. The van der Waals surface area contributed by atoms with Crippen LogP contribution in [-0.4, -0.2) is 18.8 Å². The molecule has 0 saturated carbocycles. The van der Waals surface area contributed by atoms with Crippen molar-refractivity contribution in [1.29, 1.82) is 0 Å². The lowest BCUT2D eigenvalue weighted by molar-refractivity contribution is 0.601. The Balaban J connectivity index is 2.00. The molecule has 0 saturated heterocycles. The van der Waals surface area contributed by atoms with E-state index < -0.39 is 0 Å². The zero-order valence-electron chi connectivity index (χ0n) is 11.6. The van der Waals surface area contributed by atoms with Gasteiger partial charge in [-0.15, -0.1) is 11.8 Å². The smallest absolute Gasteiger partial charge is 0.123 e. The number of halogens is 3. The van der Waals surface area contributed by atoms with Gasteiger partial charge in [0, 0.05) is 21.2 Å². The highest BCUT2D eigenvalue weighted by Crippen LogP contribution is 2.28. The molecule has 0 radical (unpaired) electrons. The van der Waals surface area contributed by atoms with Gasteiger partial charge < -0.3 is 5.32 Å². The highest BCUT2D eigenvalue weighted by Gasteiger charge is 2.12. The van der Waals surface area contributed by atoms with Crippen LogP contribution in [0.1, 0.15) is 5.56 Å². The summed E-state index contributed by atoms with van der Waals surface area (Å²) in [7, 11) is 1.92. The van der Waals surface area contributed by atoms with Gasteiger partial charge in [0.05, 0.1) is 5.02 Å². The SMILES string of the molecule is CNC(CSc1ccccc1Cl)Cc1cc(F)ccc1Br. The van der Waals surface area contributed by atoms with E-state index in [1.807, 2.05) is 31.3 Å². The molecule has 0 heterocycles. The summed E-state index contributed by atoms with van der Waals surface area (Å²) in [5.74, 6) is 0.658. The minimum Gasteiger partial charge on any atom is -0.316 e. The minimum absolute atomic E-state index is 0.207. The van der Waals surface area contributed by atoms with E-state index in [0.29, 0.717) is 0 Å². The molecule has 2 aromatic rings. The second-order valence-electron chi connectivity index (χ2n) is 4.67. The van der Waals surface area contributed by atoms with Crippen LogP contribution in [0.15, 0.2) is 51.8 Å². The van der Waals surface area contributed by atoms with Crippen LogP contribution in [0.25, 0.3) is 0 Å². The number of nitrogens with one attached hydrogen (secondary N) is 1. The van der Waals surface area contributed by atoms with Crippen molar-refractivity contribution < 1.29 is 4.39 Å². The van der Waals surface area contributed by atoms with Crippen LogP contribution >= 0.6 is 39.3 Å². The largest absolute Gasteiger partial charge is 0.316 e. The second-order valence-corrected chi connectivity index (χ2v) is 6.99. The van der Waals surface area contributed by atoms with Crippen LogP contribution in [0.5, 0.6) is 0 Å². The summed E-state index contributed by atoms with van der Waals surface area (Å²) in [6.07, 6.45) is 0.756. The quantitative estimate of drug-likeness (QED) is 0.686. The van der Waals surface area contributed by atoms with Crippen molar-refractivity contribution in [1.82, 2.24) is 5.32 Å². The first-order valence-corrected chi connectivity index (χ1v) is 8.74. The molecule has 0 aliphatic carbocycles. The topological polar surface area (TPSA) is 12.0 Å². The van der Waals surface area contributed by atoms with Crippen molar-refractivity contribution >= 4 is 39.3 Å². The van der Waals surface area contributed by atoms with Crippen molar-refractivity contribution in [2.45, 2.75) is 17.4 Å². The van der Waals surface area contributed by atoms with Gasteiger partial charge in [0.2, 0.25) is 0 Å². The Hall–Kier alpha value is -0.550. The van der Waals surface area contributed by atoms with Crippen molar-refractivity contribution in [3.05, 3.63) is 63.3 Å². The van der Waals surface area contributed by atoms with Gasteiger partial charge in [-0.1, -0.05) is 39.7 Å². The predicted octanol–water partition coefficient (Wildman–Crippen LogP) is 5.16. The molecule has 2 rings (SSSR count). The second kappa shape index (κ2) is 8.18. The normalized spacial score (nSPS) is 12.4. The summed E-state index contributed by atoms with van der Waals surface area (Å²) in [6, 6.07) is 12.8. The van der Waals surface area contributed by atoms with E-state index in [2.05, 4.69) is 21.2 Å². The van der Waals surface area contributed by atoms with Crippen LogP contribution in [-0.2, 0) is 6.42 Å². The molecule has 0 amide bonds. The van der Waals surface area contributed by atoms with Gasteiger partial charge in [-0.05, 0) is 49.4 Å². The zero-order valence-corrected chi connectivity index (χ0v) is 14.7. The van der Waals surface area contributed by atoms with E-state index in [0.717, 1.165) is 32.1 Å². The lowest BCUT2D eigenvalue weighted by Crippen LogP contribution is -2.30. The molecule has 0 bridgehead atoms. The van der Waals surface area contributed by atoms with Crippen LogP contribution in [0.3, 0.4) is 0 Å². The maximum Gasteiger partial charge on any atom is 0.123 e. The Labute approximate surface area is 142 Å². The first-order chi connectivity index (χ1) is 10.1. The minimum atomic E-state index is -0.207. The first kappa shape index (κ1) is 16.8. The fourth-order valence-corrected chi connectivity index (χ4v) is 3.72. The summed E-state index contributed by atoms with van der Waals surface area (Å²) in [5, 5.41) is 4.05. The van der Waals surface area contributed by atoms with E-state index in [-0.39, 0.29) is 11.9 Å². The number of hydrogen-bond acceptors (Lipinski definition) is 2. The van der Waals surface area contributed by atoms with Gasteiger partial charge in [-0.25, -0.2) is 4.39 Å². The predicted molar refractivity (Wildman–Crippen MR) is 92.8 cm³/mol. The molecule has 2 aromatic carbocycles. The van der Waals surface area contributed by atoms with Crippen LogP contribution in [0.4, 0.5) is 4.39 Å². The van der Waals surface area contributed by atoms with Gasteiger partial charge >= 0.3 is 0 Å². The van der Waals surface area contributed by atoms with Gasteiger partial charge in [-0.2, -0.15) is 0 Å². The Morgan fingerprint density at radius 1 is 1.29 bits per heavy atom. The molecular weight excluding hydrogens is 373 g/mol. The highest BCUT2D eigenvalue weighted by molar-refractivity contribution is 9.10. The molecule has 0 fully saturated rings. The molecule has 0 aliphatic rings. The number of hydrogen-bond donors (Lipinski definition) is 1. The molecule has 0 aliphatic heterocycles. The first-order valence-electron chi connectivity index (χ1n) is 6.58. The molecule has 1 unspecified atom stereocenters. The van der Waals surface area contributed by atoms with E-state index in [9.17, 15) is 4.39 Å². The maximum atomic E-state index is 13.3. The Kier molecular flexibility index (Phi) is 6.55. The molecule has 5 heteroatoms. The average Bonchev–Trinajstić information content (AvgIpc) is 2.48. The lowest BCUT2D eigenvalue weighted by Gasteiger charge is -2.17. The number of likely N-dealkylation sites (N-methyl/N-ethyl adjacent to an activating group) is 1. The molecule has 21 heavy (non-hydrogen) atoms. The number of rotatable bonds is 6. The standard InChI is InChI=1S/C16H16BrClFNS/c1-20-13(9-11-8-12(19)6-7-14(11)17)10-21-16-5-3-2-4-15(16)18/h2-8,13,20H,9-10H2,1H3. The molecule has 1 atom stereocenters. The zero-order chi connectivity index (χ0) is 15.2. The van der Waals surface area contributed by atoms with Gasteiger partial charge in [0.25, 0.3) is 0 Å². The van der Waals surface area contributed by atoms with Crippen molar-refractivity contribution in [3.8, 4) is 0 Å². The van der Waals surface area contributed by atoms with Gasteiger partial charge in [-0.3, -0.25) is 0 Å². The molecule has 1 nitrogen and oxygen atoms in total. The number of thioether (sulfide) groups is 1. The summed E-state index contributed by atoms with van der Waals surface area (Å²) < 4.78 is 14.3. The lowest BCUT2D eigenvalue weighted by atomic mass is 10.1. The van der Waals surface area contributed by atoms with Crippen LogP contribution < -0.4 is 5.32 Å². The summed E-state index contributed by atoms with van der Waals surface area (Å²) in [5.41, 5.74) is 0.967. The third-order valence-corrected chi connectivity index (χ3v) is 5.61. The maximum absolute atomic E-state index is 13.3. The van der Waals surface area contributed by atoms with E-state index in [1.165, 1.54) is 6.07 Å². The molecule has 112 valence electrons. The van der Waals surface area contributed by atoms with Crippen molar-refractivity contribution in [2.24, 2.45) is 0 Å². The summed E-state index contributed by atoms with van der Waals surface area (Å²) in [6.45, 7) is 0. The van der Waals surface area contributed by atoms with E-state index >= 15 is 0 Å². The third kappa shape index (κ3) is 4.99. The van der Waals surface area contributed by atoms with E-state index in [4.69, 9.17) is 11.6 Å². The summed E-state index contributed by atoms with van der Waals surface area (Å²) >= 11 is 11.3. The number of benzene rings is 2. The Morgan fingerprint density at radius 2 is 2.05 bits per heavy atom. The summed E-state index contributed by atoms with van der Waals surface area (Å²) in [4.78, 5) is 1.07. The van der Waals surface area contributed by atoms with Gasteiger partial charge in [0.1, 0.15) is 5.82 Å². The van der Waals surface area contributed by atoms with E-state index in [1.54, 1.807) is 23.9 Å².